The van der Waals surface area contributed by atoms with Crippen LogP contribution in [-0.4, -0.2) is 25.1 Å². The number of amides is 1. The number of fused-ring (bicyclic) bond motifs is 1. The van der Waals surface area contributed by atoms with Gasteiger partial charge in [-0.25, -0.2) is 4.98 Å². The van der Waals surface area contributed by atoms with E-state index >= 15 is 0 Å². The molecule has 1 N–H and O–H groups in total. The molecule has 0 unspecified atom stereocenters. The smallest absolute Gasteiger partial charge is 0.227 e. The second-order valence-corrected chi connectivity index (χ2v) is 10.4. The maximum absolute atomic E-state index is 13.0. The van der Waals surface area contributed by atoms with Crippen LogP contribution in [0, 0.1) is 23.2 Å². The molecule has 6 nitrogen and oxygen atoms in total. The fraction of sp³-hybridized carbons (Fsp3) is 0.481. The van der Waals surface area contributed by atoms with Gasteiger partial charge in [-0.3, -0.25) is 4.79 Å². The monoisotopic (exact) mass is 446 g/mol. The van der Waals surface area contributed by atoms with Crippen molar-refractivity contribution in [2.45, 2.75) is 44.9 Å². The quantitative estimate of drug-likeness (QED) is 0.498. The van der Waals surface area contributed by atoms with Crippen LogP contribution in [0.4, 0.5) is 5.69 Å². The van der Waals surface area contributed by atoms with E-state index in [2.05, 4.69) is 10.3 Å². The molecule has 1 heterocycles. The lowest BCUT2D eigenvalue weighted by Crippen LogP contribution is -2.47. The van der Waals surface area contributed by atoms with E-state index in [1.54, 1.807) is 14.2 Å². The molecule has 6 heteroatoms. The molecule has 0 aliphatic heterocycles. The molecule has 0 spiro atoms. The maximum atomic E-state index is 13.0. The van der Waals surface area contributed by atoms with Gasteiger partial charge in [0.05, 0.1) is 14.2 Å². The molecule has 2 aromatic carbocycles. The number of carbonyl (C=O) groups excluding carboxylic acids is 1. The zero-order valence-electron chi connectivity index (χ0n) is 19.2. The SMILES string of the molecule is COc1ccc(-c2nc3cc(NC(=O)CC45CC6CC(CC(C6)C4)C5)ccc3o2)cc1OC. The van der Waals surface area contributed by atoms with Crippen molar-refractivity contribution in [2.24, 2.45) is 23.2 Å². The highest BCUT2D eigenvalue weighted by molar-refractivity contribution is 5.93. The summed E-state index contributed by atoms with van der Waals surface area (Å²) in [5.41, 5.74) is 3.20. The third-order valence-corrected chi connectivity index (χ3v) is 8.00. The molecule has 4 fully saturated rings. The van der Waals surface area contributed by atoms with E-state index in [9.17, 15) is 4.79 Å². The second-order valence-electron chi connectivity index (χ2n) is 10.4. The Bertz CT molecular complexity index is 1180. The van der Waals surface area contributed by atoms with Gasteiger partial charge in [0.25, 0.3) is 0 Å². The number of benzene rings is 2. The first-order valence-corrected chi connectivity index (χ1v) is 12.0. The van der Waals surface area contributed by atoms with E-state index < -0.39 is 0 Å². The van der Waals surface area contributed by atoms with Gasteiger partial charge in [0, 0.05) is 17.7 Å². The minimum atomic E-state index is 0.125. The van der Waals surface area contributed by atoms with Crippen molar-refractivity contribution in [3.63, 3.8) is 0 Å². The molecule has 1 aromatic heterocycles. The molecule has 0 atom stereocenters. The molecule has 4 aliphatic carbocycles. The average molecular weight is 447 g/mol. The lowest BCUT2D eigenvalue weighted by atomic mass is 9.49. The number of methoxy groups -OCH3 is 2. The Balaban J connectivity index is 1.19. The number of hydrogen-bond acceptors (Lipinski definition) is 5. The third-order valence-electron chi connectivity index (χ3n) is 8.00. The van der Waals surface area contributed by atoms with Crippen LogP contribution in [0.2, 0.25) is 0 Å². The zero-order valence-corrected chi connectivity index (χ0v) is 19.2. The summed E-state index contributed by atoms with van der Waals surface area (Å²) >= 11 is 0. The van der Waals surface area contributed by atoms with Crippen LogP contribution in [0.15, 0.2) is 40.8 Å². The first-order valence-electron chi connectivity index (χ1n) is 12.0. The van der Waals surface area contributed by atoms with E-state index in [0.29, 0.717) is 34.9 Å². The zero-order chi connectivity index (χ0) is 22.6. The first-order chi connectivity index (χ1) is 16.0. The van der Waals surface area contributed by atoms with Gasteiger partial charge in [-0.15, -0.1) is 0 Å². The number of nitrogens with zero attached hydrogens (tertiary/aromatic N) is 1. The molecular formula is C27H30N2O4. The maximum Gasteiger partial charge on any atom is 0.227 e. The number of aromatic nitrogens is 1. The van der Waals surface area contributed by atoms with Gasteiger partial charge in [0.15, 0.2) is 17.1 Å². The normalized spacial score (nSPS) is 27.6. The largest absolute Gasteiger partial charge is 0.493 e. The van der Waals surface area contributed by atoms with E-state index in [-0.39, 0.29) is 11.3 Å². The van der Waals surface area contributed by atoms with Crippen molar-refractivity contribution < 1.29 is 18.7 Å². The molecule has 33 heavy (non-hydrogen) atoms. The Kier molecular flexibility index (Phi) is 4.86. The molecule has 3 aromatic rings. The molecule has 1 amide bonds. The van der Waals surface area contributed by atoms with Crippen LogP contribution < -0.4 is 14.8 Å². The molecule has 0 radical (unpaired) electrons. The molecular weight excluding hydrogens is 416 g/mol. The van der Waals surface area contributed by atoms with Crippen molar-refractivity contribution in [3.05, 3.63) is 36.4 Å². The summed E-state index contributed by atoms with van der Waals surface area (Å²) in [4.78, 5) is 17.7. The highest BCUT2D eigenvalue weighted by atomic mass is 16.5. The van der Waals surface area contributed by atoms with Crippen LogP contribution in [0.25, 0.3) is 22.6 Å². The van der Waals surface area contributed by atoms with Crippen LogP contribution in [-0.2, 0) is 4.79 Å². The summed E-state index contributed by atoms with van der Waals surface area (Å²) in [7, 11) is 3.21. The predicted molar refractivity (Wildman–Crippen MR) is 126 cm³/mol. The second kappa shape index (κ2) is 7.79. The van der Waals surface area contributed by atoms with Gasteiger partial charge in [-0.05, 0) is 98.1 Å². The first kappa shape index (κ1) is 20.6. The van der Waals surface area contributed by atoms with Crippen molar-refractivity contribution >= 4 is 22.7 Å². The average Bonchev–Trinajstić information content (AvgIpc) is 3.20. The van der Waals surface area contributed by atoms with E-state index in [1.807, 2.05) is 36.4 Å². The Morgan fingerprint density at radius 2 is 1.70 bits per heavy atom. The number of rotatable bonds is 6. The number of anilines is 1. The van der Waals surface area contributed by atoms with Crippen LogP contribution in [0.5, 0.6) is 11.5 Å². The van der Waals surface area contributed by atoms with E-state index in [0.717, 1.165) is 29.0 Å². The highest BCUT2D eigenvalue weighted by Crippen LogP contribution is 2.61. The Morgan fingerprint density at radius 1 is 1.00 bits per heavy atom. The summed E-state index contributed by atoms with van der Waals surface area (Å²) in [5, 5.41) is 3.13. The number of oxazole rings is 1. The highest BCUT2D eigenvalue weighted by Gasteiger charge is 2.51. The number of ether oxygens (including phenoxy) is 2. The van der Waals surface area contributed by atoms with Crippen molar-refractivity contribution in [2.75, 3.05) is 19.5 Å². The van der Waals surface area contributed by atoms with Crippen LogP contribution in [0.3, 0.4) is 0 Å². The molecule has 7 rings (SSSR count). The fourth-order valence-corrected chi connectivity index (χ4v) is 7.15. The van der Waals surface area contributed by atoms with E-state index in [1.165, 1.54) is 38.5 Å². The Labute approximate surface area is 193 Å². The lowest BCUT2D eigenvalue weighted by Gasteiger charge is -2.56. The molecule has 0 saturated heterocycles. The van der Waals surface area contributed by atoms with Crippen molar-refractivity contribution in [1.29, 1.82) is 0 Å². The van der Waals surface area contributed by atoms with Gasteiger partial charge in [0.2, 0.25) is 11.8 Å². The van der Waals surface area contributed by atoms with Crippen LogP contribution >= 0.6 is 0 Å². The predicted octanol–water partition coefficient (Wildman–Crippen LogP) is 6.06. The van der Waals surface area contributed by atoms with E-state index in [4.69, 9.17) is 13.9 Å². The molecule has 172 valence electrons. The summed E-state index contributed by atoms with van der Waals surface area (Å²) in [6, 6.07) is 11.2. The topological polar surface area (TPSA) is 73.6 Å². The minimum absolute atomic E-state index is 0.125. The van der Waals surface area contributed by atoms with Gasteiger partial charge in [-0.1, -0.05) is 0 Å². The minimum Gasteiger partial charge on any atom is -0.493 e. The summed E-state index contributed by atoms with van der Waals surface area (Å²) < 4.78 is 16.7. The third kappa shape index (κ3) is 3.75. The van der Waals surface area contributed by atoms with Crippen LogP contribution in [0.1, 0.15) is 44.9 Å². The summed E-state index contributed by atoms with van der Waals surface area (Å²) in [6.07, 6.45) is 8.55. The van der Waals surface area contributed by atoms with Gasteiger partial charge >= 0.3 is 0 Å². The fourth-order valence-electron chi connectivity index (χ4n) is 7.15. The standard InChI is InChI=1S/C27H30N2O4/c1-31-23-5-3-19(10-24(23)32-2)26-29-21-11-20(4-6-22(21)33-26)28-25(30)15-27-12-16-7-17(13-27)9-18(8-16)14-27/h3-6,10-11,16-18H,7-9,12-15H2,1-2H3,(H,28,30). The van der Waals surface area contributed by atoms with Crippen molar-refractivity contribution in [1.82, 2.24) is 4.98 Å². The Hall–Kier alpha value is -3.02. The van der Waals surface area contributed by atoms with Gasteiger partial charge < -0.3 is 19.2 Å². The van der Waals surface area contributed by atoms with Gasteiger partial charge in [-0.2, -0.15) is 0 Å². The number of carbonyl (C=O) groups is 1. The lowest BCUT2D eigenvalue weighted by molar-refractivity contribution is -0.124. The summed E-state index contributed by atoms with van der Waals surface area (Å²) in [6.45, 7) is 0. The van der Waals surface area contributed by atoms with Gasteiger partial charge in [0.1, 0.15) is 5.52 Å². The molecule has 4 bridgehead atoms. The molecule has 4 saturated carbocycles. The molecule has 4 aliphatic rings. The number of nitrogens with one attached hydrogen (secondary N) is 1. The Morgan fingerprint density at radius 3 is 2.36 bits per heavy atom. The summed E-state index contributed by atoms with van der Waals surface area (Å²) in [5.74, 6) is 4.46. The van der Waals surface area contributed by atoms with Crippen molar-refractivity contribution in [3.8, 4) is 23.0 Å². The number of hydrogen-bond donors (Lipinski definition) is 1.